The average molecular weight is 196 g/mol. The molecule has 1 nitrogen and oxygen atoms in total. The molecule has 15 heavy (non-hydrogen) atoms. The second-order valence-corrected chi connectivity index (χ2v) is 3.80. The molecule has 1 aliphatic heterocycles. The Labute approximate surface area is 89.3 Å². The Kier molecular flexibility index (Phi) is 2.04. The van der Waals surface area contributed by atoms with Crippen molar-refractivity contribution in [2.45, 2.75) is 12.7 Å². The van der Waals surface area contributed by atoms with E-state index < -0.39 is 0 Å². The predicted molar refractivity (Wildman–Crippen MR) is 59.5 cm³/mol. The molecule has 0 fully saturated rings. The fraction of sp³-hybridized carbons (Fsp3) is 0.143. The fourth-order valence-electron chi connectivity index (χ4n) is 2.09. The van der Waals surface area contributed by atoms with E-state index in [9.17, 15) is 0 Å². The van der Waals surface area contributed by atoms with Crippen LogP contribution in [0.15, 0.2) is 54.6 Å². The topological polar surface area (TPSA) is 9.23 Å². The van der Waals surface area contributed by atoms with Crippen LogP contribution < -0.4 is 0 Å². The zero-order chi connectivity index (χ0) is 10.1. The lowest BCUT2D eigenvalue weighted by Crippen LogP contribution is -1.97. The van der Waals surface area contributed by atoms with Gasteiger partial charge in [0.15, 0.2) is 0 Å². The maximum Gasteiger partial charge on any atom is 0.108 e. The van der Waals surface area contributed by atoms with Gasteiger partial charge in [0.25, 0.3) is 0 Å². The molecule has 0 saturated carbocycles. The van der Waals surface area contributed by atoms with Crippen LogP contribution in [-0.2, 0) is 11.3 Å². The second kappa shape index (κ2) is 3.52. The quantitative estimate of drug-likeness (QED) is 0.680. The summed E-state index contributed by atoms with van der Waals surface area (Å²) < 4.78 is 5.81. The molecule has 2 aromatic carbocycles. The normalized spacial score (nSPS) is 18.8. The summed E-state index contributed by atoms with van der Waals surface area (Å²) in [7, 11) is 0. The molecule has 2 aromatic rings. The van der Waals surface area contributed by atoms with E-state index in [0.29, 0.717) is 0 Å². The molecule has 1 atom stereocenters. The highest BCUT2D eigenvalue weighted by molar-refractivity contribution is 5.38. The lowest BCUT2D eigenvalue weighted by Gasteiger charge is -2.10. The van der Waals surface area contributed by atoms with Crippen LogP contribution in [0.1, 0.15) is 22.8 Å². The molecule has 1 heterocycles. The van der Waals surface area contributed by atoms with Crippen LogP contribution in [-0.4, -0.2) is 0 Å². The number of ether oxygens (including phenoxy) is 1. The highest BCUT2D eigenvalue weighted by Gasteiger charge is 2.23. The van der Waals surface area contributed by atoms with Gasteiger partial charge in [0, 0.05) is 0 Å². The first kappa shape index (κ1) is 8.69. The first-order valence-corrected chi connectivity index (χ1v) is 5.19. The molecular weight excluding hydrogens is 184 g/mol. The van der Waals surface area contributed by atoms with Gasteiger partial charge in [0.1, 0.15) is 6.10 Å². The van der Waals surface area contributed by atoms with E-state index >= 15 is 0 Å². The van der Waals surface area contributed by atoms with Crippen LogP contribution in [0.2, 0.25) is 0 Å². The standard InChI is InChI=1S/C14H12O/c1-2-6-11(7-3-1)14-13-9-5-4-8-12(13)10-15-14/h1-9,14H,10H2/t14-/m0/s1. The van der Waals surface area contributed by atoms with Crippen molar-refractivity contribution in [2.24, 2.45) is 0 Å². The van der Waals surface area contributed by atoms with Gasteiger partial charge in [0.05, 0.1) is 6.61 Å². The highest BCUT2D eigenvalue weighted by atomic mass is 16.5. The molecule has 0 aliphatic carbocycles. The van der Waals surface area contributed by atoms with Crippen molar-refractivity contribution < 1.29 is 4.74 Å². The third-order valence-corrected chi connectivity index (χ3v) is 2.85. The van der Waals surface area contributed by atoms with Crippen molar-refractivity contribution in [3.8, 4) is 0 Å². The maximum absolute atomic E-state index is 5.81. The third kappa shape index (κ3) is 1.45. The minimum Gasteiger partial charge on any atom is -0.364 e. The Bertz CT molecular complexity index is 462. The molecule has 0 saturated heterocycles. The van der Waals surface area contributed by atoms with Crippen LogP contribution in [0, 0.1) is 0 Å². The summed E-state index contributed by atoms with van der Waals surface area (Å²) in [6.45, 7) is 0.732. The first-order chi connectivity index (χ1) is 7.45. The van der Waals surface area contributed by atoms with E-state index in [1.165, 1.54) is 16.7 Å². The van der Waals surface area contributed by atoms with Crippen LogP contribution in [0.3, 0.4) is 0 Å². The van der Waals surface area contributed by atoms with E-state index in [0.717, 1.165) is 6.61 Å². The lowest BCUT2D eigenvalue weighted by molar-refractivity contribution is 0.0939. The van der Waals surface area contributed by atoms with Crippen molar-refractivity contribution in [1.29, 1.82) is 0 Å². The summed E-state index contributed by atoms with van der Waals surface area (Å²) in [6.07, 6.45) is 0.127. The SMILES string of the molecule is c1ccc([C@@H]2OCc3ccccc32)cc1. The second-order valence-electron chi connectivity index (χ2n) is 3.80. The molecule has 0 bridgehead atoms. The third-order valence-electron chi connectivity index (χ3n) is 2.85. The summed E-state index contributed by atoms with van der Waals surface area (Å²) in [4.78, 5) is 0. The van der Waals surface area contributed by atoms with Crippen molar-refractivity contribution in [2.75, 3.05) is 0 Å². The van der Waals surface area contributed by atoms with E-state index in [1.54, 1.807) is 0 Å². The Morgan fingerprint density at radius 1 is 0.867 bits per heavy atom. The zero-order valence-corrected chi connectivity index (χ0v) is 8.39. The summed E-state index contributed by atoms with van der Waals surface area (Å²) in [5.74, 6) is 0. The van der Waals surface area contributed by atoms with Gasteiger partial charge in [0.2, 0.25) is 0 Å². The molecule has 0 N–H and O–H groups in total. The van der Waals surface area contributed by atoms with E-state index in [4.69, 9.17) is 4.74 Å². The Morgan fingerprint density at radius 2 is 1.60 bits per heavy atom. The molecule has 1 aliphatic rings. The molecule has 0 amide bonds. The molecule has 74 valence electrons. The van der Waals surface area contributed by atoms with Gasteiger partial charge in [-0.3, -0.25) is 0 Å². The molecular formula is C14H12O. The average Bonchev–Trinajstić information content (AvgIpc) is 2.74. The zero-order valence-electron chi connectivity index (χ0n) is 8.39. The Morgan fingerprint density at radius 3 is 2.47 bits per heavy atom. The van der Waals surface area contributed by atoms with Gasteiger partial charge in [-0.2, -0.15) is 0 Å². The van der Waals surface area contributed by atoms with E-state index in [1.807, 2.05) is 6.07 Å². The van der Waals surface area contributed by atoms with Gasteiger partial charge < -0.3 is 4.74 Å². The minimum absolute atomic E-state index is 0.127. The van der Waals surface area contributed by atoms with Gasteiger partial charge >= 0.3 is 0 Å². The largest absolute Gasteiger partial charge is 0.364 e. The maximum atomic E-state index is 5.81. The summed E-state index contributed by atoms with van der Waals surface area (Å²) >= 11 is 0. The number of benzene rings is 2. The van der Waals surface area contributed by atoms with Crippen molar-refractivity contribution in [3.63, 3.8) is 0 Å². The van der Waals surface area contributed by atoms with Crippen molar-refractivity contribution in [3.05, 3.63) is 71.3 Å². The van der Waals surface area contributed by atoms with Gasteiger partial charge in [-0.1, -0.05) is 54.6 Å². The van der Waals surface area contributed by atoms with E-state index in [-0.39, 0.29) is 6.10 Å². The smallest absolute Gasteiger partial charge is 0.108 e. The van der Waals surface area contributed by atoms with E-state index in [2.05, 4.69) is 48.5 Å². The summed E-state index contributed by atoms with van der Waals surface area (Å²) in [6, 6.07) is 18.8. The molecule has 3 rings (SSSR count). The predicted octanol–water partition coefficient (Wildman–Crippen LogP) is 3.31. The number of rotatable bonds is 1. The van der Waals surface area contributed by atoms with Crippen LogP contribution in [0.25, 0.3) is 0 Å². The van der Waals surface area contributed by atoms with Crippen LogP contribution in [0.5, 0.6) is 0 Å². The summed E-state index contributed by atoms with van der Waals surface area (Å²) in [5, 5.41) is 0. The molecule has 0 spiro atoms. The number of hydrogen-bond acceptors (Lipinski definition) is 1. The molecule has 0 radical (unpaired) electrons. The number of fused-ring (bicyclic) bond motifs is 1. The Balaban J connectivity index is 2.05. The van der Waals surface area contributed by atoms with Crippen LogP contribution >= 0.6 is 0 Å². The van der Waals surface area contributed by atoms with Gasteiger partial charge in [-0.25, -0.2) is 0 Å². The fourth-order valence-corrected chi connectivity index (χ4v) is 2.09. The highest BCUT2D eigenvalue weighted by Crippen LogP contribution is 2.35. The minimum atomic E-state index is 0.127. The molecule has 1 heteroatoms. The lowest BCUT2D eigenvalue weighted by atomic mass is 10.00. The summed E-state index contributed by atoms with van der Waals surface area (Å²) in [5.41, 5.74) is 3.86. The molecule has 0 unspecified atom stereocenters. The van der Waals surface area contributed by atoms with Crippen LogP contribution in [0.4, 0.5) is 0 Å². The first-order valence-electron chi connectivity index (χ1n) is 5.19. The molecule has 0 aromatic heterocycles. The van der Waals surface area contributed by atoms with Gasteiger partial charge in [-0.05, 0) is 16.7 Å². The monoisotopic (exact) mass is 196 g/mol. The van der Waals surface area contributed by atoms with Gasteiger partial charge in [-0.15, -0.1) is 0 Å². The number of hydrogen-bond donors (Lipinski definition) is 0. The van der Waals surface area contributed by atoms with Crippen molar-refractivity contribution >= 4 is 0 Å². The Hall–Kier alpha value is -1.60. The van der Waals surface area contributed by atoms with Crippen molar-refractivity contribution in [1.82, 2.24) is 0 Å².